The summed E-state index contributed by atoms with van der Waals surface area (Å²) >= 11 is 7.32. The topological polar surface area (TPSA) is 92.6 Å². The number of carbonyl (C=O) groups is 1. The summed E-state index contributed by atoms with van der Waals surface area (Å²) in [7, 11) is 1.21. The maximum atomic E-state index is 13.9. The summed E-state index contributed by atoms with van der Waals surface area (Å²) in [5, 5.41) is 20.6. The molecule has 35 heavy (non-hydrogen) atoms. The molecule has 0 N–H and O–H groups in total. The van der Waals surface area contributed by atoms with E-state index in [1.807, 2.05) is 0 Å². The number of amides is 1. The molecule has 1 saturated carbocycles. The minimum atomic E-state index is -5.81. The second kappa shape index (κ2) is 8.27. The highest BCUT2D eigenvalue weighted by molar-refractivity contribution is 7.19. The number of hydrogen-bond acceptors (Lipinski definition) is 6. The molecule has 0 saturated heterocycles. The van der Waals surface area contributed by atoms with Gasteiger partial charge in [0.05, 0.1) is 22.7 Å². The van der Waals surface area contributed by atoms with Gasteiger partial charge in [-0.25, -0.2) is 4.68 Å². The van der Waals surface area contributed by atoms with E-state index >= 15 is 0 Å². The third-order valence-electron chi connectivity index (χ3n) is 5.79. The summed E-state index contributed by atoms with van der Waals surface area (Å²) in [5.74, 6) is -5.70. The number of thiophene rings is 1. The van der Waals surface area contributed by atoms with Crippen LogP contribution in [0.3, 0.4) is 0 Å². The molecular formula is C20H17ClF5N7OS. The number of hydrogen-bond donors (Lipinski definition) is 0. The lowest BCUT2D eigenvalue weighted by molar-refractivity contribution is -0.291. The first kappa shape index (κ1) is 25.1. The van der Waals surface area contributed by atoms with E-state index in [4.69, 9.17) is 11.6 Å². The van der Waals surface area contributed by atoms with E-state index < -0.39 is 34.8 Å². The first-order valence-electron chi connectivity index (χ1n) is 10.2. The highest BCUT2D eigenvalue weighted by atomic mass is 35.5. The van der Waals surface area contributed by atoms with Crippen LogP contribution in [-0.2, 0) is 13.0 Å². The van der Waals surface area contributed by atoms with Crippen LogP contribution < -0.4 is 0 Å². The summed E-state index contributed by atoms with van der Waals surface area (Å²) < 4.78 is 68.5. The molecule has 1 aliphatic carbocycles. The van der Waals surface area contributed by atoms with E-state index in [0.717, 1.165) is 27.6 Å². The average Bonchev–Trinajstić information content (AvgIpc) is 3.08. The van der Waals surface area contributed by atoms with E-state index in [-0.39, 0.29) is 21.4 Å². The third kappa shape index (κ3) is 3.96. The molecule has 0 aliphatic heterocycles. The smallest absolute Gasteiger partial charge is 0.320 e. The van der Waals surface area contributed by atoms with Gasteiger partial charge < -0.3 is 4.90 Å². The zero-order valence-electron chi connectivity index (χ0n) is 18.5. The van der Waals surface area contributed by atoms with Crippen LogP contribution in [0.15, 0.2) is 12.3 Å². The number of aryl methyl sites for hydroxylation is 1. The zero-order chi connectivity index (χ0) is 25.9. The van der Waals surface area contributed by atoms with Crippen molar-refractivity contribution in [3.63, 3.8) is 0 Å². The summed E-state index contributed by atoms with van der Waals surface area (Å²) in [5.41, 5.74) is -2.30. The Balaban J connectivity index is 1.67. The monoisotopic (exact) mass is 533 g/mol. The van der Waals surface area contributed by atoms with Crippen LogP contribution in [0, 0.1) is 18.3 Å². The van der Waals surface area contributed by atoms with Gasteiger partial charge in [-0.05, 0) is 32.8 Å². The molecule has 1 aliphatic rings. The summed E-state index contributed by atoms with van der Waals surface area (Å²) in [6, 6.07) is 3.66. The van der Waals surface area contributed by atoms with E-state index in [2.05, 4.69) is 21.5 Å². The molecule has 186 valence electrons. The number of carbonyl (C=O) groups excluding carboxylic acids is 1. The maximum absolute atomic E-state index is 13.9. The SMILES string of the molecule is CCN(C(=O)c1cc(-c2cn(-c3c(C)c(C(F)(F)C(F)(F)F)nn3C)nn2)sc1Cl)C1(C#N)CC1. The van der Waals surface area contributed by atoms with Crippen molar-refractivity contribution in [1.29, 1.82) is 5.26 Å². The van der Waals surface area contributed by atoms with Gasteiger partial charge in [0, 0.05) is 19.2 Å². The van der Waals surface area contributed by atoms with Gasteiger partial charge in [0.1, 0.15) is 21.3 Å². The van der Waals surface area contributed by atoms with Crippen molar-refractivity contribution in [1.82, 2.24) is 29.7 Å². The van der Waals surface area contributed by atoms with Crippen molar-refractivity contribution < 1.29 is 26.7 Å². The Labute approximate surface area is 204 Å². The number of aromatic nitrogens is 5. The first-order valence-corrected chi connectivity index (χ1v) is 11.4. The largest absolute Gasteiger partial charge is 0.459 e. The molecule has 8 nitrogen and oxygen atoms in total. The Hall–Kier alpha value is -3.05. The van der Waals surface area contributed by atoms with Crippen LogP contribution >= 0.6 is 22.9 Å². The average molecular weight is 534 g/mol. The molecule has 3 heterocycles. The van der Waals surface area contributed by atoms with Crippen LogP contribution in [0.25, 0.3) is 16.4 Å². The lowest BCUT2D eigenvalue weighted by Gasteiger charge is -2.25. The van der Waals surface area contributed by atoms with Gasteiger partial charge in [0.2, 0.25) is 0 Å². The Morgan fingerprint density at radius 3 is 2.54 bits per heavy atom. The Morgan fingerprint density at radius 1 is 1.34 bits per heavy atom. The Bertz CT molecular complexity index is 1350. The van der Waals surface area contributed by atoms with Crippen molar-refractivity contribution in [3.8, 4) is 22.5 Å². The van der Waals surface area contributed by atoms with Crippen molar-refractivity contribution in [2.45, 2.75) is 44.3 Å². The van der Waals surface area contributed by atoms with Gasteiger partial charge in [-0.3, -0.25) is 9.48 Å². The molecule has 3 aromatic rings. The zero-order valence-corrected chi connectivity index (χ0v) is 20.1. The normalized spacial score (nSPS) is 15.2. The molecule has 1 amide bonds. The molecule has 0 spiro atoms. The lowest BCUT2D eigenvalue weighted by Crippen LogP contribution is -2.41. The Kier molecular flexibility index (Phi) is 5.92. The molecule has 4 rings (SSSR count). The molecule has 0 atom stereocenters. The minimum absolute atomic E-state index is 0.136. The van der Waals surface area contributed by atoms with Gasteiger partial charge in [0.15, 0.2) is 5.82 Å². The third-order valence-corrected chi connectivity index (χ3v) is 7.17. The van der Waals surface area contributed by atoms with Crippen LogP contribution in [0.2, 0.25) is 4.34 Å². The maximum Gasteiger partial charge on any atom is 0.459 e. The summed E-state index contributed by atoms with van der Waals surface area (Å²) in [4.78, 5) is 14.9. The molecular weight excluding hydrogens is 517 g/mol. The van der Waals surface area contributed by atoms with Gasteiger partial charge in [-0.2, -0.15) is 32.3 Å². The van der Waals surface area contributed by atoms with Crippen molar-refractivity contribution in [2.24, 2.45) is 7.05 Å². The van der Waals surface area contributed by atoms with Gasteiger partial charge >= 0.3 is 12.1 Å². The highest BCUT2D eigenvalue weighted by Crippen LogP contribution is 2.46. The van der Waals surface area contributed by atoms with Crippen LogP contribution in [0.4, 0.5) is 22.0 Å². The first-order chi connectivity index (χ1) is 16.3. The minimum Gasteiger partial charge on any atom is -0.320 e. The molecule has 0 aromatic carbocycles. The number of nitriles is 1. The highest BCUT2D eigenvalue weighted by Gasteiger charge is 2.61. The van der Waals surface area contributed by atoms with Gasteiger partial charge in [-0.15, -0.1) is 16.4 Å². The quantitative estimate of drug-likeness (QED) is 0.422. The number of nitrogens with zero attached hydrogens (tertiary/aromatic N) is 7. The van der Waals surface area contributed by atoms with Crippen molar-refractivity contribution >= 4 is 28.8 Å². The van der Waals surface area contributed by atoms with Crippen LogP contribution in [0.1, 0.15) is 41.4 Å². The molecule has 0 bridgehead atoms. The second-order valence-corrected chi connectivity index (χ2v) is 9.69. The Morgan fingerprint density at radius 2 is 2.00 bits per heavy atom. The standard InChI is InChI=1S/C20H17ClF5N7OS/c1-4-32(18(9-27)5-6-18)17(34)11-7-13(35-15(11)21)12-8-33(30-28-12)16-10(2)14(29-31(16)3)19(22,23)20(24,25)26/h7-8H,4-6H2,1-3H3. The molecule has 3 aromatic heterocycles. The van der Waals surface area contributed by atoms with Gasteiger partial charge in [-0.1, -0.05) is 16.8 Å². The molecule has 0 radical (unpaired) electrons. The number of rotatable bonds is 6. The predicted octanol–water partition coefficient (Wildman–Crippen LogP) is 4.86. The fraction of sp³-hybridized carbons (Fsp3) is 0.450. The van der Waals surface area contributed by atoms with Gasteiger partial charge in [0.25, 0.3) is 5.91 Å². The number of alkyl halides is 5. The predicted molar refractivity (Wildman–Crippen MR) is 115 cm³/mol. The second-order valence-electron chi connectivity index (χ2n) is 8.03. The van der Waals surface area contributed by atoms with E-state index in [1.54, 1.807) is 6.92 Å². The van der Waals surface area contributed by atoms with E-state index in [1.165, 1.54) is 24.2 Å². The molecule has 1 fully saturated rings. The molecule has 0 unspecified atom stereocenters. The summed E-state index contributed by atoms with van der Waals surface area (Å²) in [6.45, 7) is 3.16. The molecule has 15 heteroatoms. The fourth-order valence-corrected chi connectivity index (χ4v) is 5.05. The van der Waals surface area contributed by atoms with Crippen molar-refractivity contribution in [2.75, 3.05) is 6.54 Å². The summed E-state index contributed by atoms with van der Waals surface area (Å²) in [6.07, 6.45) is -3.35. The lowest BCUT2D eigenvalue weighted by atomic mass is 10.1. The van der Waals surface area contributed by atoms with Crippen molar-refractivity contribution in [3.05, 3.63) is 33.4 Å². The van der Waals surface area contributed by atoms with E-state index in [9.17, 15) is 32.0 Å². The van der Waals surface area contributed by atoms with Crippen LogP contribution in [-0.4, -0.2) is 53.8 Å². The van der Waals surface area contributed by atoms with Crippen LogP contribution in [0.5, 0.6) is 0 Å². The number of halogens is 6. The fourth-order valence-electron chi connectivity index (χ4n) is 3.84. The van der Waals surface area contributed by atoms with E-state index in [0.29, 0.717) is 24.3 Å².